The van der Waals surface area contributed by atoms with E-state index >= 15 is 0 Å². The van der Waals surface area contributed by atoms with Crippen molar-refractivity contribution in [3.05, 3.63) is 83.9 Å². The van der Waals surface area contributed by atoms with E-state index in [0.717, 1.165) is 18.0 Å². The molecule has 1 unspecified atom stereocenters. The number of benzene rings is 3. The van der Waals surface area contributed by atoms with E-state index in [1.54, 1.807) is 7.11 Å². The maximum atomic E-state index is 6.23. The van der Waals surface area contributed by atoms with Gasteiger partial charge < -0.3 is 9.47 Å². The van der Waals surface area contributed by atoms with E-state index < -0.39 is 0 Å². The third-order valence-corrected chi connectivity index (χ3v) is 6.97. The van der Waals surface area contributed by atoms with Crippen molar-refractivity contribution < 1.29 is 9.47 Å². The van der Waals surface area contributed by atoms with Gasteiger partial charge in [-0.2, -0.15) is 0 Å². The number of methoxy groups -OCH3 is 1. The lowest BCUT2D eigenvalue weighted by Gasteiger charge is -2.27. The first-order valence-corrected chi connectivity index (χ1v) is 11.7. The van der Waals surface area contributed by atoms with Crippen LogP contribution in [0.1, 0.15) is 30.4 Å². The Morgan fingerprint density at radius 2 is 1.60 bits per heavy atom. The summed E-state index contributed by atoms with van der Waals surface area (Å²) in [6.45, 7) is 4.03. The van der Waals surface area contributed by atoms with Gasteiger partial charge in [-0.1, -0.05) is 69.6 Å². The van der Waals surface area contributed by atoms with E-state index in [-0.39, 0.29) is 0 Å². The van der Waals surface area contributed by atoms with Gasteiger partial charge in [0.2, 0.25) is 0 Å². The van der Waals surface area contributed by atoms with Gasteiger partial charge in [0.1, 0.15) is 18.1 Å². The van der Waals surface area contributed by atoms with Crippen LogP contribution in [-0.2, 0) is 13.2 Å². The zero-order valence-corrected chi connectivity index (χ0v) is 18.6. The van der Waals surface area contributed by atoms with E-state index in [9.17, 15) is 0 Å². The third-order valence-electron chi connectivity index (χ3n) is 5.55. The predicted octanol–water partition coefficient (Wildman–Crippen LogP) is 4.89. The molecule has 0 amide bonds. The number of piperidine rings is 1. The summed E-state index contributed by atoms with van der Waals surface area (Å²) in [5.74, 6) is 1.81. The molecule has 0 bridgehead atoms. The van der Waals surface area contributed by atoms with Gasteiger partial charge in [-0.3, -0.25) is 4.90 Å². The molecule has 4 rings (SSSR count). The van der Waals surface area contributed by atoms with Crippen LogP contribution in [0.25, 0.3) is 0 Å². The summed E-state index contributed by atoms with van der Waals surface area (Å²) in [4.78, 5) is 2.59. The number of rotatable bonds is 8. The summed E-state index contributed by atoms with van der Waals surface area (Å²) < 4.78 is 11.7. The average molecular weight is 420 g/mol. The van der Waals surface area contributed by atoms with Crippen LogP contribution in [0, 0.1) is 0 Å². The van der Waals surface area contributed by atoms with Crippen molar-refractivity contribution in [3.8, 4) is 11.5 Å². The molecule has 3 aromatic rings. The Balaban J connectivity index is 1.54. The van der Waals surface area contributed by atoms with E-state index in [0.29, 0.717) is 15.2 Å². The molecule has 0 aliphatic carbocycles. The van der Waals surface area contributed by atoms with Crippen molar-refractivity contribution >= 4 is 19.2 Å². The molecule has 30 heavy (non-hydrogen) atoms. The Labute approximate surface area is 181 Å². The van der Waals surface area contributed by atoms with Crippen molar-refractivity contribution in [2.24, 2.45) is 0 Å². The summed E-state index contributed by atoms with van der Waals surface area (Å²) >= 11 is 0. The standard InChI is InChI=1S/C26H30NO2P/c1-28-23-14-15-24(29-20-21-10-4-2-5-11-21)26(18-23)30-25-13-7-6-12-22(25)19-27-16-8-3-9-17-27/h2,4-7,10-15,18,30H,3,8-9,16-17,19-20H2,1H3. The molecule has 1 aliphatic heterocycles. The number of likely N-dealkylation sites (tertiary alicyclic amines) is 1. The van der Waals surface area contributed by atoms with E-state index in [1.807, 2.05) is 30.3 Å². The van der Waals surface area contributed by atoms with Gasteiger partial charge in [-0.15, -0.1) is 0 Å². The molecule has 0 aromatic heterocycles. The summed E-state index contributed by atoms with van der Waals surface area (Å²) in [6, 6.07) is 25.3. The van der Waals surface area contributed by atoms with Crippen LogP contribution < -0.4 is 20.1 Å². The second-order valence-corrected chi connectivity index (χ2v) is 9.08. The van der Waals surface area contributed by atoms with Crippen LogP contribution in [0.2, 0.25) is 0 Å². The monoisotopic (exact) mass is 419 g/mol. The normalized spacial score (nSPS) is 14.8. The van der Waals surface area contributed by atoms with E-state index in [4.69, 9.17) is 9.47 Å². The number of hydrogen-bond acceptors (Lipinski definition) is 3. The highest BCUT2D eigenvalue weighted by Crippen LogP contribution is 2.26. The van der Waals surface area contributed by atoms with Crippen molar-refractivity contribution in [1.29, 1.82) is 0 Å². The van der Waals surface area contributed by atoms with Crippen molar-refractivity contribution in [2.75, 3.05) is 20.2 Å². The molecular formula is C26H30NO2P. The number of hydrogen-bond donors (Lipinski definition) is 0. The second-order valence-electron chi connectivity index (χ2n) is 7.76. The zero-order valence-electron chi connectivity index (χ0n) is 17.6. The average Bonchev–Trinajstić information content (AvgIpc) is 2.81. The molecule has 0 radical (unpaired) electrons. The molecular weight excluding hydrogens is 389 g/mol. The van der Waals surface area contributed by atoms with E-state index in [2.05, 4.69) is 47.4 Å². The van der Waals surface area contributed by atoms with Gasteiger partial charge >= 0.3 is 0 Å². The molecule has 0 saturated carbocycles. The largest absolute Gasteiger partial charge is 0.497 e. The van der Waals surface area contributed by atoms with Crippen molar-refractivity contribution in [3.63, 3.8) is 0 Å². The molecule has 1 aliphatic rings. The fourth-order valence-corrected chi connectivity index (χ4v) is 5.16. The van der Waals surface area contributed by atoms with E-state index in [1.165, 1.54) is 54.1 Å². The highest BCUT2D eigenvalue weighted by Gasteiger charge is 2.14. The number of nitrogens with zero attached hydrogens (tertiary/aromatic N) is 1. The lowest BCUT2D eigenvalue weighted by Crippen LogP contribution is -2.30. The fourth-order valence-electron chi connectivity index (χ4n) is 3.88. The molecule has 4 heteroatoms. The van der Waals surface area contributed by atoms with Gasteiger partial charge in [0.05, 0.1) is 7.11 Å². The maximum absolute atomic E-state index is 6.23. The molecule has 1 fully saturated rings. The van der Waals surface area contributed by atoms with Gasteiger partial charge in [-0.05, 0) is 60.6 Å². The van der Waals surface area contributed by atoms with Gasteiger partial charge in [0.15, 0.2) is 0 Å². The van der Waals surface area contributed by atoms with Crippen molar-refractivity contribution in [2.45, 2.75) is 32.4 Å². The summed E-state index contributed by atoms with van der Waals surface area (Å²) in [5, 5.41) is 2.58. The lowest BCUT2D eigenvalue weighted by molar-refractivity contribution is 0.221. The molecule has 0 spiro atoms. The van der Waals surface area contributed by atoms with Crippen LogP contribution in [0.5, 0.6) is 11.5 Å². The van der Waals surface area contributed by atoms with Crippen LogP contribution in [-0.4, -0.2) is 25.1 Å². The van der Waals surface area contributed by atoms with Gasteiger partial charge in [0.25, 0.3) is 0 Å². The Morgan fingerprint density at radius 3 is 2.40 bits per heavy atom. The maximum Gasteiger partial charge on any atom is 0.127 e. The highest BCUT2D eigenvalue weighted by molar-refractivity contribution is 7.55. The minimum atomic E-state index is 0.531. The molecule has 1 heterocycles. The molecule has 156 valence electrons. The first-order valence-electron chi connectivity index (χ1n) is 10.7. The van der Waals surface area contributed by atoms with Gasteiger partial charge in [-0.25, -0.2) is 0 Å². The predicted molar refractivity (Wildman–Crippen MR) is 127 cm³/mol. The number of ether oxygens (including phenoxy) is 2. The SMILES string of the molecule is COc1ccc(OCc2ccccc2)c(Pc2ccccc2CN2CCCCC2)c1. The van der Waals surface area contributed by atoms with Gasteiger partial charge in [0, 0.05) is 11.8 Å². The van der Waals surface area contributed by atoms with Crippen LogP contribution >= 0.6 is 8.58 Å². The Morgan fingerprint density at radius 1 is 0.833 bits per heavy atom. The Kier molecular flexibility index (Phi) is 7.39. The quantitative estimate of drug-likeness (QED) is 0.486. The summed E-state index contributed by atoms with van der Waals surface area (Å²) in [5.41, 5.74) is 2.60. The molecule has 1 atom stereocenters. The highest BCUT2D eigenvalue weighted by atomic mass is 31.1. The van der Waals surface area contributed by atoms with Crippen LogP contribution in [0.15, 0.2) is 72.8 Å². The first kappa shape index (κ1) is 20.9. The Bertz CT molecular complexity index is 939. The zero-order chi connectivity index (χ0) is 20.6. The van der Waals surface area contributed by atoms with Crippen LogP contribution in [0.3, 0.4) is 0 Å². The Hall–Kier alpha value is -2.35. The molecule has 1 saturated heterocycles. The topological polar surface area (TPSA) is 21.7 Å². The third kappa shape index (κ3) is 5.62. The summed E-state index contributed by atoms with van der Waals surface area (Å²) in [7, 11) is 2.25. The first-order chi connectivity index (χ1) is 14.8. The summed E-state index contributed by atoms with van der Waals surface area (Å²) in [6.07, 6.45) is 4.00. The minimum absolute atomic E-state index is 0.531. The second kappa shape index (κ2) is 10.6. The lowest BCUT2D eigenvalue weighted by atomic mass is 10.1. The van der Waals surface area contributed by atoms with Crippen LogP contribution in [0.4, 0.5) is 0 Å². The fraction of sp³-hybridized carbons (Fsp3) is 0.308. The smallest absolute Gasteiger partial charge is 0.127 e. The minimum Gasteiger partial charge on any atom is -0.497 e. The molecule has 0 N–H and O–H groups in total. The van der Waals surface area contributed by atoms with Crippen molar-refractivity contribution in [1.82, 2.24) is 4.90 Å². The molecule has 3 aromatic carbocycles. The molecule has 3 nitrogen and oxygen atoms in total.